The van der Waals surface area contributed by atoms with E-state index in [0.717, 1.165) is 16.5 Å². The Kier molecular flexibility index (Phi) is 17.4. The fourth-order valence-electron chi connectivity index (χ4n) is 6.90. The van der Waals surface area contributed by atoms with E-state index < -0.39 is 90.6 Å². The van der Waals surface area contributed by atoms with Crippen molar-refractivity contribution in [2.24, 2.45) is 5.73 Å². The lowest BCUT2D eigenvalue weighted by atomic mass is 10.0. The molecule has 63 heavy (non-hydrogen) atoms. The molecule has 0 aliphatic rings. The summed E-state index contributed by atoms with van der Waals surface area (Å²) >= 11 is 4.03. The third kappa shape index (κ3) is 14.3. The largest absolute Gasteiger partial charge is 0.481 e. The van der Waals surface area contributed by atoms with Gasteiger partial charge in [-0.05, 0) is 41.2 Å². The third-order valence-electron chi connectivity index (χ3n) is 10.3. The molecule has 5 amide bonds. The number of rotatable bonds is 23. The highest BCUT2D eigenvalue weighted by atomic mass is 32.1. The molecule has 0 saturated heterocycles. The smallest absolute Gasteiger partial charge is 0.327 e. The Labute approximate surface area is 369 Å². The van der Waals surface area contributed by atoms with Crippen LogP contribution in [0.4, 0.5) is 0 Å². The zero-order valence-corrected chi connectivity index (χ0v) is 35.1. The predicted octanol–water partition coefficient (Wildman–Crippen LogP) is 2.07. The van der Waals surface area contributed by atoms with E-state index in [-0.39, 0.29) is 31.4 Å². The summed E-state index contributed by atoms with van der Waals surface area (Å²) in [6.45, 7) is 0. The van der Waals surface area contributed by atoms with Crippen LogP contribution in [0, 0.1) is 0 Å². The average Bonchev–Trinajstić information content (AvgIpc) is 3.69. The van der Waals surface area contributed by atoms with Gasteiger partial charge in [0, 0.05) is 48.5 Å². The van der Waals surface area contributed by atoms with E-state index >= 15 is 0 Å². The van der Waals surface area contributed by atoms with E-state index in [9.17, 15) is 43.8 Å². The summed E-state index contributed by atoms with van der Waals surface area (Å²) in [5.41, 5.74) is 9.80. The van der Waals surface area contributed by atoms with Gasteiger partial charge in [-0.2, -0.15) is 12.6 Å². The monoisotopic (exact) mass is 877 g/mol. The van der Waals surface area contributed by atoms with E-state index in [1.165, 1.54) is 0 Å². The maximum atomic E-state index is 14.3. The molecule has 0 fully saturated rings. The topological polar surface area (TPSA) is 262 Å². The van der Waals surface area contributed by atoms with E-state index in [1.54, 1.807) is 79.0 Å². The molecular formula is C46H51N7O9S. The first kappa shape index (κ1) is 47.1. The molecule has 17 heteroatoms. The quantitative estimate of drug-likeness (QED) is 0.0427. The molecule has 0 radical (unpaired) electrons. The molecule has 1 aromatic heterocycles. The number of hydrogen-bond acceptors (Lipinski definition) is 9. The highest BCUT2D eigenvalue weighted by Gasteiger charge is 2.34. The van der Waals surface area contributed by atoms with E-state index in [0.29, 0.717) is 16.7 Å². The second kappa shape index (κ2) is 23.3. The summed E-state index contributed by atoms with van der Waals surface area (Å²) in [7, 11) is 0. The lowest BCUT2D eigenvalue weighted by molar-refractivity contribution is -0.141. The predicted molar refractivity (Wildman–Crippen MR) is 238 cm³/mol. The summed E-state index contributed by atoms with van der Waals surface area (Å²) in [5.74, 6) is -6.86. The van der Waals surface area contributed by atoms with Gasteiger partial charge in [-0.15, -0.1) is 0 Å². The van der Waals surface area contributed by atoms with Gasteiger partial charge in [-0.1, -0.05) is 109 Å². The first-order valence-corrected chi connectivity index (χ1v) is 20.9. The molecule has 0 aliphatic heterocycles. The number of amides is 5. The summed E-state index contributed by atoms with van der Waals surface area (Å²) in [4.78, 5) is 96.5. The van der Waals surface area contributed by atoms with Crippen LogP contribution in [-0.4, -0.2) is 98.7 Å². The van der Waals surface area contributed by atoms with Crippen LogP contribution in [0.25, 0.3) is 10.9 Å². The summed E-state index contributed by atoms with van der Waals surface area (Å²) in [6.07, 6.45) is 0.715. The van der Waals surface area contributed by atoms with Crippen LogP contribution in [0.2, 0.25) is 0 Å². The number of fused-ring (bicyclic) bond motifs is 1. The first-order chi connectivity index (χ1) is 30.3. The number of aromatic amines is 1. The number of benzene rings is 4. The molecule has 16 nitrogen and oxygen atoms in total. The molecule has 0 unspecified atom stereocenters. The number of carboxylic acid groups (broad SMARTS) is 2. The molecule has 0 spiro atoms. The maximum Gasteiger partial charge on any atom is 0.327 e. The number of nitrogens with one attached hydrogen (secondary N) is 6. The number of para-hydroxylation sites is 1. The number of thiol groups is 1. The molecule has 6 atom stereocenters. The zero-order valence-electron chi connectivity index (χ0n) is 34.2. The van der Waals surface area contributed by atoms with Crippen LogP contribution >= 0.6 is 12.6 Å². The van der Waals surface area contributed by atoms with Gasteiger partial charge in [0.25, 0.3) is 0 Å². The highest BCUT2D eigenvalue weighted by molar-refractivity contribution is 7.80. The molecule has 4 aromatic carbocycles. The number of carboxylic acids is 2. The molecule has 0 aliphatic carbocycles. The summed E-state index contributed by atoms with van der Waals surface area (Å²) in [5, 5.41) is 33.1. The lowest BCUT2D eigenvalue weighted by Gasteiger charge is -2.27. The number of aliphatic carboxylic acids is 2. The number of H-pyrrole nitrogens is 1. The van der Waals surface area contributed by atoms with Crippen molar-refractivity contribution in [3.8, 4) is 0 Å². The Morgan fingerprint density at radius 2 is 0.937 bits per heavy atom. The van der Waals surface area contributed by atoms with Crippen LogP contribution in [0.15, 0.2) is 121 Å². The summed E-state index contributed by atoms with van der Waals surface area (Å²) < 4.78 is 0. The van der Waals surface area contributed by atoms with Crippen molar-refractivity contribution in [1.82, 2.24) is 31.6 Å². The minimum Gasteiger partial charge on any atom is -0.481 e. The number of hydrogen-bond donors (Lipinski definition) is 10. The van der Waals surface area contributed by atoms with Crippen molar-refractivity contribution in [3.63, 3.8) is 0 Å². The van der Waals surface area contributed by atoms with Crippen molar-refractivity contribution in [1.29, 1.82) is 0 Å². The van der Waals surface area contributed by atoms with Crippen LogP contribution in [0.3, 0.4) is 0 Å². The van der Waals surface area contributed by atoms with Gasteiger partial charge in [0.2, 0.25) is 29.5 Å². The Morgan fingerprint density at radius 3 is 1.43 bits per heavy atom. The SMILES string of the molecule is N[C@@H](Cc1ccccc1)C(=O)N[C@@H](Cc1ccccc1)C(=O)N[C@@H](Cc1ccccc1)C(=O)N[C@@H](CCC(=O)O)C(=O)N[C@@H](Cc1c[nH]c2ccccc12)C(=O)N[C@@H](CS)C(=O)O. The van der Waals surface area contributed by atoms with Crippen LogP contribution in [0.5, 0.6) is 0 Å². The van der Waals surface area contributed by atoms with E-state index in [4.69, 9.17) is 5.73 Å². The molecular weight excluding hydrogens is 827 g/mol. The fraction of sp³-hybridized carbons (Fsp3) is 0.283. The van der Waals surface area contributed by atoms with Gasteiger partial charge >= 0.3 is 11.9 Å². The molecule has 330 valence electrons. The Morgan fingerprint density at radius 1 is 0.524 bits per heavy atom. The van der Waals surface area contributed by atoms with Crippen molar-refractivity contribution in [2.75, 3.05) is 5.75 Å². The molecule has 5 aromatic rings. The highest BCUT2D eigenvalue weighted by Crippen LogP contribution is 2.20. The van der Waals surface area contributed by atoms with Crippen LogP contribution < -0.4 is 32.3 Å². The molecule has 10 N–H and O–H groups in total. The standard InChI is InChI=1S/C46H51N7O9S/c47-33(22-28-12-4-1-5-13-28)41(56)50-36(23-29-14-6-2-7-15-29)44(59)51-37(24-30-16-8-3-9-17-30)43(58)49-35(20-21-40(54)55)42(57)52-38(45(60)53-39(27-63)46(61)62)25-31-26-48-34-19-11-10-18-32(31)34/h1-19,26,33,35-39,48,63H,20-25,27,47H2,(H,49,58)(H,50,56)(H,51,59)(H,52,57)(H,53,60)(H,54,55)(H,61,62)/t33-,35-,36-,37-,38-,39-/m0/s1. The third-order valence-corrected chi connectivity index (χ3v) is 10.6. The van der Waals surface area contributed by atoms with Gasteiger partial charge in [0.05, 0.1) is 6.04 Å². The van der Waals surface area contributed by atoms with Crippen LogP contribution in [0.1, 0.15) is 35.1 Å². The molecule has 1 heterocycles. The number of carbonyl (C=O) groups is 7. The Balaban J connectivity index is 1.40. The van der Waals surface area contributed by atoms with Gasteiger partial charge in [0.1, 0.15) is 30.2 Å². The van der Waals surface area contributed by atoms with Crippen molar-refractivity contribution in [2.45, 2.75) is 74.8 Å². The second-order valence-corrected chi connectivity index (χ2v) is 15.4. The summed E-state index contributed by atoms with van der Waals surface area (Å²) in [6, 6.07) is 26.1. The minimum atomic E-state index is -1.54. The van der Waals surface area contributed by atoms with Crippen LogP contribution in [-0.2, 0) is 59.2 Å². The first-order valence-electron chi connectivity index (χ1n) is 20.3. The number of nitrogens with two attached hydrogens (primary N) is 1. The minimum absolute atomic E-state index is 0.0373. The maximum absolute atomic E-state index is 14.3. The van der Waals surface area contributed by atoms with Crippen molar-refractivity contribution in [3.05, 3.63) is 144 Å². The molecule has 0 bridgehead atoms. The number of carbonyl (C=O) groups excluding carboxylic acids is 5. The Hall–Kier alpha value is -6.98. The Bertz CT molecular complexity index is 2350. The van der Waals surface area contributed by atoms with Gasteiger partial charge in [-0.25, -0.2) is 4.79 Å². The van der Waals surface area contributed by atoms with E-state index in [1.807, 2.05) is 42.5 Å². The second-order valence-electron chi connectivity index (χ2n) is 15.0. The number of aromatic nitrogens is 1. The normalized spacial score (nSPS) is 13.9. The van der Waals surface area contributed by atoms with Crippen molar-refractivity contribution >= 4 is 65.0 Å². The van der Waals surface area contributed by atoms with E-state index in [2.05, 4.69) is 44.2 Å². The average molecular weight is 878 g/mol. The fourth-order valence-corrected chi connectivity index (χ4v) is 7.15. The van der Waals surface area contributed by atoms with Crippen molar-refractivity contribution < 1.29 is 43.8 Å². The van der Waals surface area contributed by atoms with Gasteiger partial charge in [-0.3, -0.25) is 28.8 Å². The molecule has 0 saturated carbocycles. The van der Waals surface area contributed by atoms with Gasteiger partial charge in [0.15, 0.2) is 0 Å². The zero-order chi connectivity index (χ0) is 45.3. The van der Waals surface area contributed by atoms with Gasteiger partial charge < -0.3 is 47.5 Å². The molecule has 5 rings (SSSR count). The lowest BCUT2D eigenvalue weighted by Crippen LogP contribution is -2.60.